The zero-order valence-corrected chi connectivity index (χ0v) is 11.3. The first kappa shape index (κ1) is 15.3. The second-order valence-electron chi connectivity index (χ2n) is 4.18. The summed E-state index contributed by atoms with van der Waals surface area (Å²) >= 11 is 0. The molecule has 0 radical (unpaired) electrons. The molecule has 0 fully saturated rings. The Morgan fingerprint density at radius 3 is 2.00 bits per heavy atom. The summed E-state index contributed by atoms with van der Waals surface area (Å²) in [7, 11) is -4.21. The Balaban J connectivity index is 2.23. The largest absolute Gasteiger partial charge is 0.483 e. The van der Waals surface area contributed by atoms with Gasteiger partial charge in [0.05, 0.1) is 4.90 Å². The van der Waals surface area contributed by atoms with Crippen molar-refractivity contribution in [1.29, 1.82) is 0 Å². The summed E-state index contributed by atoms with van der Waals surface area (Å²) in [6.07, 6.45) is 0. The summed E-state index contributed by atoms with van der Waals surface area (Å²) in [6, 6.07) is 6.27. The van der Waals surface area contributed by atoms with Crippen LogP contribution in [0.3, 0.4) is 0 Å². The van der Waals surface area contributed by atoms with Gasteiger partial charge in [0.15, 0.2) is 17.4 Å². The molecular weight excluding hydrogens is 307 g/mol. The van der Waals surface area contributed by atoms with Crippen LogP contribution in [0, 0.1) is 17.5 Å². The van der Waals surface area contributed by atoms with Crippen LogP contribution >= 0.6 is 0 Å². The van der Waals surface area contributed by atoms with Crippen molar-refractivity contribution in [3.63, 3.8) is 0 Å². The van der Waals surface area contributed by atoms with E-state index in [1.165, 1.54) is 24.3 Å². The highest BCUT2D eigenvalue weighted by molar-refractivity contribution is 7.89. The van der Waals surface area contributed by atoms with E-state index in [-0.39, 0.29) is 6.61 Å². The van der Waals surface area contributed by atoms with Gasteiger partial charge in [-0.15, -0.1) is 0 Å². The van der Waals surface area contributed by atoms with Gasteiger partial charge in [-0.3, -0.25) is 0 Å². The maximum absolute atomic E-state index is 13.7. The molecule has 0 atom stereocenters. The fraction of sp³-hybridized carbons (Fsp3) is 0.0769. The van der Waals surface area contributed by atoms with Gasteiger partial charge in [-0.1, -0.05) is 12.1 Å². The van der Waals surface area contributed by atoms with Crippen LogP contribution in [-0.4, -0.2) is 8.42 Å². The van der Waals surface area contributed by atoms with E-state index >= 15 is 0 Å². The Kier molecular flexibility index (Phi) is 4.19. The lowest BCUT2D eigenvalue weighted by molar-refractivity contribution is 0.273. The molecule has 0 aliphatic carbocycles. The highest BCUT2D eigenvalue weighted by atomic mass is 32.2. The quantitative estimate of drug-likeness (QED) is 0.941. The summed E-state index contributed by atoms with van der Waals surface area (Å²) in [6.45, 7) is -0.206. The van der Waals surface area contributed by atoms with Gasteiger partial charge in [-0.2, -0.15) is 0 Å². The maximum atomic E-state index is 13.7. The van der Waals surface area contributed by atoms with Crippen LogP contribution in [-0.2, 0) is 16.6 Å². The van der Waals surface area contributed by atoms with Gasteiger partial charge in [-0.05, 0) is 29.8 Å². The van der Waals surface area contributed by atoms with Gasteiger partial charge in [0, 0.05) is 0 Å². The minimum atomic E-state index is -4.21. The maximum Gasteiger partial charge on any atom is 0.238 e. The van der Waals surface area contributed by atoms with E-state index < -0.39 is 38.1 Å². The molecule has 2 aromatic carbocycles. The number of sulfonamides is 1. The highest BCUT2D eigenvalue weighted by Crippen LogP contribution is 2.25. The number of halogens is 3. The number of benzene rings is 2. The number of nitrogens with two attached hydrogens (primary N) is 1. The van der Waals surface area contributed by atoms with Crippen molar-refractivity contribution in [2.75, 3.05) is 0 Å². The third kappa shape index (κ3) is 3.73. The molecule has 2 aromatic rings. The SMILES string of the molecule is NS(=O)(=O)c1cc(F)c(OCc2ccc(F)cc2)c(F)c1. The number of ether oxygens (including phenoxy) is 1. The van der Waals surface area contributed by atoms with Crippen LogP contribution < -0.4 is 9.88 Å². The normalized spacial score (nSPS) is 11.4. The van der Waals surface area contributed by atoms with E-state index in [0.717, 1.165) is 0 Å². The van der Waals surface area contributed by atoms with Gasteiger partial charge in [0.1, 0.15) is 12.4 Å². The molecule has 21 heavy (non-hydrogen) atoms. The van der Waals surface area contributed by atoms with Crippen molar-refractivity contribution in [2.24, 2.45) is 5.14 Å². The second-order valence-corrected chi connectivity index (χ2v) is 5.74. The average molecular weight is 317 g/mol. The average Bonchev–Trinajstić information content (AvgIpc) is 2.38. The number of hydrogen-bond acceptors (Lipinski definition) is 3. The standard InChI is InChI=1S/C13H10F3NO3S/c14-9-3-1-8(2-4-9)7-20-13-11(15)5-10(6-12(13)16)21(17,18)19/h1-6H,7H2,(H2,17,18,19). The van der Waals surface area contributed by atoms with Crippen LogP contribution in [0.2, 0.25) is 0 Å². The minimum absolute atomic E-state index is 0.206. The third-order valence-corrected chi connectivity index (χ3v) is 3.49. The molecule has 0 aliphatic rings. The molecule has 0 saturated carbocycles. The molecule has 0 unspecified atom stereocenters. The lowest BCUT2D eigenvalue weighted by atomic mass is 10.2. The first-order chi connectivity index (χ1) is 9.77. The minimum Gasteiger partial charge on any atom is -0.483 e. The van der Waals surface area contributed by atoms with E-state index in [0.29, 0.717) is 17.7 Å². The van der Waals surface area contributed by atoms with Crippen molar-refractivity contribution < 1.29 is 26.3 Å². The van der Waals surface area contributed by atoms with E-state index in [9.17, 15) is 21.6 Å². The molecule has 0 bridgehead atoms. The van der Waals surface area contributed by atoms with E-state index in [4.69, 9.17) is 9.88 Å². The van der Waals surface area contributed by atoms with Crippen LogP contribution in [0.15, 0.2) is 41.3 Å². The predicted octanol–water partition coefficient (Wildman–Crippen LogP) is 2.33. The third-order valence-electron chi connectivity index (χ3n) is 2.60. The monoisotopic (exact) mass is 317 g/mol. The molecule has 2 N–H and O–H groups in total. The molecule has 0 aliphatic heterocycles. The lowest BCUT2D eigenvalue weighted by Crippen LogP contribution is -2.13. The first-order valence-electron chi connectivity index (χ1n) is 5.66. The molecule has 2 rings (SSSR count). The Labute approximate surface area is 119 Å². The zero-order chi connectivity index (χ0) is 15.6. The first-order valence-corrected chi connectivity index (χ1v) is 7.21. The van der Waals surface area contributed by atoms with Gasteiger partial charge in [0.2, 0.25) is 10.0 Å². The number of hydrogen-bond donors (Lipinski definition) is 1. The fourth-order valence-electron chi connectivity index (χ4n) is 1.57. The van der Waals surface area contributed by atoms with Crippen molar-refractivity contribution in [1.82, 2.24) is 0 Å². The Morgan fingerprint density at radius 1 is 1.00 bits per heavy atom. The zero-order valence-electron chi connectivity index (χ0n) is 10.5. The van der Waals surface area contributed by atoms with Crippen molar-refractivity contribution in [3.8, 4) is 5.75 Å². The predicted molar refractivity (Wildman–Crippen MR) is 68.5 cm³/mol. The van der Waals surface area contributed by atoms with Crippen LogP contribution in [0.5, 0.6) is 5.75 Å². The second kappa shape index (κ2) is 5.74. The van der Waals surface area contributed by atoms with Crippen LogP contribution in [0.1, 0.15) is 5.56 Å². The van der Waals surface area contributed by atoms with E-state index in [2.05, 4.69) is 0 Å². The summed E-state index contributed by atoms with van der Waals surface area (Å²) in [5.74, 6) is -3.57. The number of rotatable bonds is 4. The molecule has 4 nitrogen and oxygen atoms in total. The molecule has 8 heteroatoms. The molecule has 0 aromatic heterocycles. The van der Waals surface area contributed by atoms with E-state index in [1.807, 2.05) is 0 Å². The molecule has 0 saturated heterocycles. The molecule has 0 spiro atoms. The molecule has 0 heterocycles. The van der Waals surface area contributed by atoms with Gasteiger partial charge in [0.25, 0.3) is 0 Å². The summed E-state index contributed by atoms with van der Waals surface area (Å²) in [5.41, 5.74) is 0.491. The van der Waals surface area contributed by atoms with Gasteiger partial charge >= 0.3 is 0 Å². The Bertz CT molecular complexity index is 738. The van der Waals surface area contributed by atoms with Crippen molar-refractivity contribution in [2.45, 2.75) is 11.5 Å². The van der Waals surface area contributed by atoms with Crippen molar-refractivity contribution in [3.05, 3.63) is 59.4 Å². The highest BCUT2D eigenvalue weighted by Gasteiger charge is 2.18. The van der Waals surface area contributed by atoms with E-state index in [1.54, 1.807) is 0 Å². The lowest BCUT2D eigenvalue weighted by Gasteiger charge is -2.09. The fourth-order valence-corrected chi connectivity index (χ4v) is 2.11. The van der Waals surface area contributed by atoms with Gasteiger partial charge < -0.3 is 4.74 Å². The topological polar surface area (TPSA) is 69.4 Å². The number of primary sulfonamides is 1. The van der Waals surface area contributed by atoms with Crippen LogP contribution in [0.25, 0.3) is 0 Å². The molecule has 112 valence electrons. The molecular formula is C13H10F3NO3S. The summed E-state index contributed by atoms with van der Waals surface area (Å²) in [5, 5.41) is 4.79. The Hall–Kier alpha value is -2.06. The summed E-state index contributed by atoms with van der Waals surface area (Å²) in [4.78, 5) is -0.688. The smallest absolute Gasteiger partial charge is 0.238 e. The summed E-state index contributed by atoms with van der Waals surface area (Å²) < 4.78 is 67.0. The van der Waals surface area contributed by atoms with Crippen LogP contribution in [0.4, 0.5) is 13.2 Å². The molecule has 0 amide bonds. The van der Waals surface area contributed by atoms with Crippen molar-refractivity contribution >= 4 is 10.0 Å². The Morgan fingerprint density at radius 2 is 1.52 bits per heavy atom. The van der Waals surface area contributed by atoms with Gasteiger partial charge in [-0.25, -0.2) is 26.7 Å².